The molecule has 0 saturated carbocycles. The fourth-order valence-electron chi connectivity index (χ4n) is 4.99. The van der Waals surface area contributed by atoms with Gasteiger partial charge in [0.2, 0.25) is 5.91 Å². The lowest BCUT2D eigenvalue weighted by molar-refractivity contribution is -0.120. The van der Waals surface area contributed by atoms with Gasteiger partial charge in [-0.05, 0) is 60.2 Å². The van der Waals surface area contributed by atoms with Crippen LogP contribution in [0.4, 0.5) is 5.69 Å². The molecule has 0 unspecified atom stereocenters. The summed E-state index contributed by atoms with van der Waals surface area (Å²) in [4.78, 5) is 50.6. The molecular formula is C30H24N4O3. The van der Waals surface area contributed by atoms with E-state index in [0.717, 1.165) is 32.2 Å². The van der Waals surface area contributed by atoms with Gasteiger partial charge in [-0.1, -0.05) is 50.2 Å². The molecule has 7 heteroatoms. The van der Waals surface area contributed by atoms with Gasteiger partial charge in [0.05, 0.1) is 33.2 Å². The zero-order valence-electron chi connectivity index (χ0n) is 20.4. The van der Waals surface area contributed by atoms with Crippen LogP contribution in [0.5, 0.6) is 0 Å². The zero-order valence-corrected chi connectivity index (χ0v) is 20.4. The second kappa shape index (κ2) is 8.78. The van der Waals surface area contributed by atoms with Crippen molar-refractivity contribution >= 4 is 56.2 Å². The Morgan fingerprint density at radius 2 is 1.38 bits per heavy atom. The number of para-hydroxylation sites is 2. The quantitative estimate of drug-likeness (QED) is 0.257. The normalized spacial score (nSPS) is 14.1. The Balaban J connectivity index is 1.39. The molecule has 1 aliphatic heterocycles. The lowest BCUT2D eigenvalue weighted by Gasteiger charge is -2.27. The fraction of sp³-hybridized carbons (Fsp3) is 0.167. The summed E-state index contributed by atoms with van der Waals surface area (Å²) in [6, 6.07) is 22.9. The number of nitrogens with one attached hydrogen (secondary N) is 1. The third-order valence-electron chi connectivity index (χ3n) is 6.73. The van der Waals surface area contributed by atoms with Gasteiger partial charge < -0.3 is 5.32 Å². The second-order valence-electron chi connectivity index (χ2n) is 9.74. The van der Waals surface area contributed by atoms with Crippen LogP contribution in [-0.4, -0.2) is 38.6 Å². The number of anilines is 1. The number of benzene rings is 4. The average molecular weight is 489 g/mol. The largest absolute Gasteiger partial charge is 0.324 e. The number of carbonyl (C=O) groups excluding carboxylic acids is 3. The van der Waals surface area contributed by atoms with Gasteiger partial charge in [-0.2, -0.15) is 0 Å². The monoisotopic (exact) mass is 488 g/mol. The van der Waals surface area contributed by atoms with Gasteiger partial charge in [-0.3, -0.25) is 19.3 Å². The van der Waals surface area contributed by atoms with Gasteiger partial charge >= 0.3 is 0 Å². The van der Waals surface area contributed by atoms with Crippen molar-refractivity contribution < 1.29 is 14.4 Å². The predicted octanol–water partition coefficient (Wildman–Crippen LogP) is 5.59. The summed E-state index contributed by atoms with van der Waals surface area (Å²) in [5.74, 6) is -1.19. The zero-order chi connectivity index (χ0) is 25.7. The summed E-state index contributed by atoms with van der Waals surface area (Å²) in [6.45, 7) is 3.93. The van der Waals surface area contributed by atoms with Crippen LogP contribution in [0.15, 0.2) is 78.9 Å². The molecule has 0 aliphatic carbocycles. The first-order chi connectivity index (χ1) is 17.9. The van der Waals surface area contributed by atoms with Crippen LogP contribution in [0.2, 0.25) is 0 Å². The van der Waals surface area contributed by atoms with Crippen molar-refractivity contribution in [1.82, 2.24) is 14.9 Å². The second-order valence-corrected chi connectivity index (χ2v) is 9.74. The van der Waals surface area contributed by atoms with Crippen molar-refractivity contribution in [3.8, 4) is 0 Å². The summed E-state index contributed by atoms with van der Waals surface area (Å²) >= 11 is 0. The third kappa shape index (κ3) is 3.89. The molecule has 5 aromatic rings. The topological polar surface area (TPSA) is 92.3 Å². The van der Waals surface area contributed by atoms with Gasteiger partial charge in [-0.25, -0.2) is 9.97 Å². The van der Waals surface area contributed by atoms with Gasteiger partial charge in [0, 0.05) is 11.1 Å². The summed E-state index contributed by atoms with van der Waals surface area (Å²) in [5, 5.41) is 4.71. The first kappa shape index (κ1) is 22.8. The summed E-state index contributed by atoms with van der Waals surface area (Å²) < 4.78 is 0. The highest BCUT2D eigenvalue weighted by Crippen LogP contribution is 2.31. The lowest BCUT2D eigenvalue weighted by atomic mass is 10.0. The number of imide groups is 1. The Labute approximate surface area is 213 Å². The highest BCUT2D eigenvalue weighted by Gasteiger charge is 2.42. The van der Waals surface area contributed by atoms with Crippen molar-refractivity contribution in [3.63, 3.8) is 0 Å². The molecule has 0 bridgehead atoms. The van der Waals surface area contributed by atoms with Gasteiger partial charge in [0.1, 0.15) is 6.04 Å². The maximum atomic E-state index is 13.7. The first-order valence-corrected chi connectivity index (χ1v) is 12.3. The number of fused-ring (bicyclic) bond motifs is 4. The Bertz CT molecular complexity index is 1710. The minimum absolute atomic E-state index is 0.0834. The highest BCUT2D eigenvalue weighted by atomic mass is 16.2. The van der Waals surface area contributed by atoms with Gasteiger partial charge in [-0.15, -0.1) is 0 Å². The standard InChI is InChI=1S/C30H24N4O3/c1-17(2)14-27(34-29(36)19-9-3-4-10-20(19)30(34)37)28(35)33-22-13-7-8-18-15-25-26(16-21(18)22)32-24-12-6-5-11-23(24)31-25/h3-13,15-17,27H,14H2,1-2H3,(H,33,35)/t27-/m0/s1. The van der Waals surface area contributed by atoms with Crippen LogP contribution in [-0.2, 0) is 4.79 Å². The van der Waals surface area contributed by atoms with E-state index in [4.69, 9.17) is 9.97 Å². The van der Waals surface area contributed by atoms with E-state index < -0.39 is 23.8 Å². The number of carbonyl (C=O) groups is 3. The van der Waals surface area contributed by atoms with Crippen LogP contribution >= 0.6 is 0 Å². The van der Waals surface area contributed by atoms with E-state index in [0.29, 0.717) is 28.8 Å². The molecule has 6 rings (SSSR count). The summed E-state index contributed by atoms with van der Waals surface area (Å²) in [6.07, 6.45) is 0.350. The fourth-order valence-corrected chi connectivity index (χ4v) is 4.99. The summed E-state index contributed by atoms with van der Waals surface area (Å²) in [7, 11) is 0. The van der Waals surface area contributed by atoms with Gasteiger partial charge in [0.25, 0.3) is 11.8 Å². The molecule has 1 N–H and O–H groups in total. The van der Waals surface area contributed by atoms with E-state index in [2.05, 4.69) is 5.32 Å². The molecule has 7 nitrogen and oxygen atoms in total. The van der Waals surface area contributed by atoms with E-state index >= 15 is 0 Å². The molecule has 37 heavy (non-hydrogen) atoms. The Hall–Kier alpha value is -4.65. The van der Waals surface area contributed by atoms with Crippen LogP contribution in [0.25, 0.3) is 32.8 Å². The van der Waals surface area contributed by atoms with Crippen molar-refractivity contribution in [1.29, 1.82) is 0 Å². The molecule has 1 aromatic heterocycles. The first-order valence-electron chi connectivity index (χ1n) is 12.3. The average Bonchev–Trinajstić information content (AvgIpc) is 3.14. The molecule has 2 heterocycles. The van der Waals surface area contributed by atoms with Crippen LogP contribution in [0.3, 0.4) is 0 Å². The maximum Gasteiger partial charge on any atom is 0.262 e. The molecule has 0 saturated heterocycles. The molecule has 1 atom stereocenters. The Morgan fingerprint density at radius 3 is 2.00 bits per heavy atom. The molecule has 182 valence electrons. The lowest BCUT2D eigenvalue weighted by Crippen LogP contribution is -2.48. The molecule has 0 fully saturated rings. The molecule has 1 aliphatic rings. The minimum Gasteiger partial charge on any atom is -0.324 e. The van der Waals surface area contributed by atoms with Crippen LogP contribution in [0.1, 0.15) is 41.0 Å². The minimum atomic E-state index is -0.938. The number of hydrogen-bond donors (Lipinski definition) is 1. The number of rotatable bonds is 5. The Kier molecular flexibility index (Phi) is 5.41. The van der Waals surface area contributed by atoms with Gasteiger partial charge in [0.15, 0.2) is 0 Å². The van der Waals surface area contributed by atoms with Crippen LogP contribution in [0, 0.1) is 5.92 Å². The number of nitrogens with zero attached hydrogens (tertiary/aromatic N) is 3. The predicted molar refractivity (Wildman–Crippen MR) is 143 cm³/mol. The highest BCUT2D eigenvalue weighted by molar-refractivity contribution is 6.23. The smallest absolute Gasteiger partial charge is 0.262 e. The summed E-state index contributed by atoms with van der Waals surface area (Å²) in [5.41, 5.74) is 4.33. The number of amides is 3. The van der Waals surface area contributed by atoms with Crippen molar-refractivity contribution in [2.24, 2.45) is 5.92 Å². The number of hydrogen-bond acceptors (Lipinski definition) is 5. The van der Waals surface area contributed by atoms with Crippen LogP contribution < -0.4 is 5.32 Å². The van der Waals surface area contributed by atoms with E-state index in [1.165, 1.54) is 0 Å². The molecule has 3 amide bonds. The molecule has 0 radical (unpaired) electrons. The number of aromatic nitrogens is 2. The Morgan fingerprint density at radius 1 is 0.784 bits per heavy atom. The molecular weight excluding hydrogens is 464 g/mol. The maximum absolute atomic E-state index is 13.7. The third-order valence-corrected chi connectivity index (χ3v) is 6.73. The molecule has 0 spiro atoms. The van der Waals surface area contributed by atoms with E-state index in [1.54, 1.807) is 24.3 Å². The van der Waals surface area contributed by atoms with Crippen molar-refractivity contribution in [2.75, 3.05) is 5.32 Å². The van der Waals surface area contributed by atoms with E-state index in [1.807, 2.05) is 68.4 Å². The van der Waals surface area contributed by atoms with E-state index in [9.17, 15) is 14.4 Å². The molecule has 4 aromatic carbocycles. The SMILES string of the molecule is CC(C)C[C@@H](C(=O)Nc1cccc2cc3nc4ccccc4nc3cc12)N1C(=O)c2ccccc2C1=O. The van der Waals surface area contributed by atoms with Crippen molar-refractivity contribution in [2.45, 2.75) is 26.3 Å². The van der Waals surface area contributed by atoms with Crippen molar-refractivity contribution in [3.05, 3.63) is 90.0 Å². The van der Waals surface area contributed by atoms with E-state index in [-0.39, 0.29) is 5.92 Å².